The fourth-order valence-corrected chi connectivity index (χ4v) is 1.69. The second kappa shape index (κ2) is 6.62. The van der Waals surface area contributed by atoms with Gasteiger partial charge in [-0.2, -0.15) is 0 Å². The number of hydrogen-bond donors (Lipinski definition) is 2. The number of benzene rings is 1. The molecule has 1 aromatic rings. The molecule has 0 aliphatic rings. The van der Waals surface area contributed by atoms with Crippen LogP contribution in [-0.4, -0.2) is 18.0 Å². The summed E-state index contributed by atoms with van der Waals surface area (Å²) in [5, 5.41) is 3.62. The molecule has 0 aliphatic heterocycles. The lowest BCUT2D eigenvalue weighted by molar-refractivity contribution is -0.123. The van der Waals surface area contributed by atoms with Crippen LogP contribution in [0.4, 0.5) is 0 Å². The van der Waals surface area contributed by atoms with Crippen molar-refractivity contribution in [3.63, 3.8) is 0 Å². The van der Waals surface area contributed by atoms with Crippen molar-refractivity contribution >= 4 is 17.5 Å². The summed E-state index contributed by atoms with van der Waals surface area (Å²) >= 11 is 5.81. The topological polar surface area (TPSA) is 55.1 Å². The Bertz CT molecular complexity index is 364. The van der Waals surface area contributed by atoms with E-state index in [9.17, 15) is 4.79 Å². The van der Waals surface area contributed by atoms with E-state index >= 15 is 0 Å². The zero-order valence-electron chi connectivity index (χ0n) is 10.2. The fourth-order valence-electron chi connectivity index (χ4n) is 1.56. The van der Waals surface area contributed by atoms with Crippen LogP contribution in [0.15, 0.2) is 24.3 Å². The highest BCUT2D eigenvalue weighted by Crippen LogP contribution is 2.11. The van der Waals surface area contributed by atoms with Crippen LogP contribution in [0.5, 0.6) is 0 Å². The van der Waals surface area contributed by atoms with E-state index in [4.69, 9.17) is 17.3 Å². The number of carbonyl (C=O) groups is 1. The van der Waals surface area contributed by atoms with Crippen molar-refractivity contribution in [3.05, 3.63) is 34.9 Å². The van der Waals surface area contributed by atoms with E-state index in [0.29, 0.717) is 6.42 Å². The summed E-state index contributed by atoms with van der Waals surface area (Å²) < 4.78 is 0. The molecule has 3 N–H and O–H groups in total. The average Bonchev–Trinajstić information content (AvgIpc) is 2.30. The first-order valence-electron chi connectivity index (χ1n) is 5.83. The third-order valence-electron chi connectivity index (χ3n) is 2.62. The van der Waals surface area contributed by atoms with Crippen molar-refractivity contribution in [1.29, 1.82) is 0 Å². The highest BCUT2D eigenvalue weighted by molar-refractivity contribution is 6.30. The van der Waals surface area contributed by atoms with Crippen LogP contribution in [0.2, 0.25) is 5.02 Å². The van der Waals surface area contributed by atoms with Gasteiger partial charge in [0.2, 0.25) is 5.91 Å². The third-order valence-corrected chi connectivity index (χ3v) is 2.87. The average molecular weight is 255 g/mol. The zero-order chi connectivity index (χ0) is 12.8. The number of nitrogens with one attached hydrogen (secondary N) is 1. The Balaban J connectivity index is 2.47. The van der Waals surface area contributed by atoms with Crippen molar-refractivity contribution in [2.75, 3.05) is 0 Å². The summed E-state index contributed by atoms with van der Waals surface area (Å²) in [7, 11) is 0. The Morgan fingerprint density at radius 1 is 1.41 bits per heavy atom. The van der Waals surface area contributed by atoms with Crippen molar-refractivity contribution in [3.8, 4) is 0 Å². The van der Waals surface area contributed by atoms with Crippen LogP contribution in [0, 0.1) is 0 Å². The van der Waals surface area contributed by atoms with Crippen molar-refractivity contribution in [2.45, 2.75) is 38.8 Å². The standard InChI is InChI=1S/C13H19ClN2O/c1-3-12(15)13(17)16-9(2)8-10-4-6-11(14)7-5-10/h4-7,9,12H,3,8,15H2,1-2H3,(H,16,17)/t9?,12-/m1/s1. The molecule has 1 aromatic carbocycles. The molecule has 1 unspecified atom stereocenters. The lowest BCUT2D eigenvalue weighted by atomic mass is 10.1. The first-order chi connectivity index (χ1) is 8.02. The van der Waals surface area contributed by atoms with E-state index in [1.165, 1.54) is 0 Å². The van der Waals surface area contributed by atoms with Gasteiger partial charge in [0.25, 0.3) is 0 Å². The molecule has 2 atom stereocenters. The van der Waals surface area contributed by atoms with Crippen LogP contribution >= 0.6 is 11.6 Å². The first-order valence-corrected chi connectivity index (χ1v) is 6.21. The van der Waals surface area contributed by atoms with Crippen molar-refractivity contribution in [1.82, 2.24) is 5.32 Å². The van der Waals surface area contributed by atoms with E-state index < -0.39 is 6.04 Å². The van der Waals surface area contributed by atoms with E-state index in [1.54, 1.807) is 0 Å². The molecule has 0 fully saturated rings. The number of amides is 1. The van der Waals surface area contributed by atoms with Gasteiger partial charge in [0.05, 0.1) is 6.04 Å². The van der Waals surface area contributed by atoms with E-state index in [1.807, 2.05) is 38.1 Å². The van der Waals surface area contributed by atoms with Gasteiger partial charge in [-0.05, 0) is 37.5 Å². The molecular formula is C13H19ClN2O. The number of rotatable bonds is 5. The van der Waals surface area contributed by atoms with E-state index in [-0.39, 0.29) is 11.9 Å². The zero-order valence-corrected chi connectivity index (χ0v) is 11.0. The van der Waals surface area contributed by atoms with Gasteiger partial charge in [0.1, 0.15) is 0 Å². The summed E-state index contributed by atoms with van der Waals surface area (Å²) in [6.45, 7) is 3.86. The highest BCUT2D eigenvalue weighted by Gasteiger charge is 2.13. The number of nitrogens with two attached hydrogens (primary N) is 1. The minimum Gasteiger partial charge on any atom is -0.352 e. The molecule has 0 aromatic heterocycles. The normalized spacial score (nSPS) is 14.1. The van der Waals surface area contributed by atoms with Gasteiger partial charge in [0.15, 0.2) is 0 Å². The molecule has 0 heterocycles. The first kappa shape index (κ1) is 14.0. The lowest BCUT2D eigenvalue weighted by Crippen LogP contribution is -2.44. The molecule has 4 heteroatoms. The summed E-state index contributed by atoms with van der Waals surface area (Å²) in [5.74, 6) is -0.0889. The van der Waals surface area contributed by atoms with Gasteiger partial charge in [-0.1, -0.05) is 30.7 Å². The van der Waals surface area contributed by atoms with Crippen LogP contribution in [0.1, 0.15) is 25.8 Å². The third kappa shape index (κ3) is 4.75. The second-order valence-electron chi connectivity index (χ2n) is 4.25. The molecule has 0 saturated carbocycles. The lowest BCUT2D eigenvalue weighted by Gasteiger charge is -2.16. The number of halogens is 1. The summed E-state index contributed by atoms with van der Waals surface area (Å²) in [6.07, 6.45) is 1.43. The largest absolute Gasteiger partial charge is 0.352 e. The molecule has 3 nitrogen and oxygen atoms in total. The molecular weight excluding hydrogens is 236 g/mol. The Morgan fingerprint density at radius 2 is 2.00 bits per heavy atom. The van der Waals surface area contributed by atoms with Gasteiger partial charge >= 0.3 is 0 Å². The number of carbonyl (C=O) groups excluding carboxylic acids is 1. The van der Waals surface area contributed by atoms with Crippen molar-refractivity contribution < 1.29 is 4.79 Å². The molecule has 0 radical (unpaired) electrons. The van der Waals surface area contributed by atoms with Crippen LogP contribution in [-0.2, 0) is 11.2 Å². The predicted octanol–water partition coefficient (Wildman–Crippen LogP) is 2.12. The Morgan fingerprint density at radius 3 is 2.53 bits per heavy atom. The molecule has 1 rings (SSSR count). The summed E-state index contributed by atoms with van der Waals surface area (Å²) in [6, 6.07) is 7.28. The monoisotopic (exact) mass is 254 g/mol. The van der Waals surface area contributed by atoms with Gasteiger partial charge in [-0.3, -0.25) is 4.79 Å². The van der Waals surface area contributed by atoms with Crippen molar-refractivity contribution in [2.24, 2.45) is 5.73 Å². The highest BCUT2D eigenvalue weighted by atomic mass is 35.5. The smallest absolute Gasteiger partial charge is 0.237 e. The van der Waals surface area contributed by atoms with E-state index in [2.05, 4.69) is 5.32 Å². The van der Waals surface area contributed by atoms with Gasteiger partial charge in [-0.15, -0.1) is 0 Å². The SMILES string of the molecule is CC[C@@H](N)C(=O)NC(C)Cc1ccc(Cl)cc1. The number of hydrogen-bond acceptors (Lipinski definition) is 2. The fraction of sp³-hybridized carbons (Fsp3) is 0.462. The molecule has 0 saturated heterocycles. The van der Waals surface area contributed by atoms with Crippen LogP contribution < -0.4 is 11.1 Å². The molecule has 0 bridgehead atoms. The van der Waals surface area contributed by atoms with Crippen LogP contribution in [0.3, 0.4) is 0 Å². The van der Waals surface area contributed by atoms with Crippen LogP contribution in [0.25, 0.3) is 0 Å². The maximum Gasteiger partial charge on any atom is 0.237 e. The minimum atomic E-state index is -0.414. The predicted molar refractivity (Wildman–Crippen MR) is 71.0 cm³/mol. The summed E-state index contributed by atoms with van der Waals surface area (Å²) in [4.78, 5) is 11.6. The molecule has 94 valence electrons. The minimum absolute atomic E-state index is 0.0706. The second-order valence-corrected chi connectivity index (χ2v) is 4.69. The molecule has 0 spiro atoms. The van der Waals surface area contributed by atoms with E-state index in [0.717, 1.165) is 17.0 Å². The maximum absolute atomic E-state index is 11.6. The molecule has 17 heavy (non-hydrogen) atoms. The quantitative estimate of drug-likeness (QED) is 0.846. The summed E-state index contributed by atoms with van der Waals surface area (Å²) in [5.41, 5.74) is 6.79. The van der Waals surface area contributed by atoms with Gasteiger partial charge in [0, 0.05) is 11.1 Å². The molecule has 1 amide bonds. The Hall–Kier alpha value is -1.06. The van der Waals surface area contributed by atoms with Gasteiger partial charge in [-0.25, -0.2) is 0 Å². The Labute approximate surface area is 107 Å². The molecule has 0 aliphatic carbocycles. The maximum atomic E-state index is 11.6. The van der Waals surface area contributed by atoms with Gasteiger partial charge < -0.3 is 11.1 Å². The Kier molecular flexibility index (Phi) is 5.45.